The number of benzene rings is 1. The molecular formula is C32H38F3N9O3S. The summed E-state index contributed by atoms with van der Waals surface area (Å²) < 4.78 is 75.5. The highest BCUT2D eigenvalue weighted by molar-refractivity contribution is 7.91. The first-order chi connectivity index (χ1) is 23.0. The van der Waals surface area contributed by atoms with E-state index in [0.717, 1.165) is 19.4 Å². The second kappa shape index (κ2) is 12.8. The molecule has 3 aromatic heterocycles. The van der Waals surface area contributed by atoms with E-state index in [-0.39, 0.29) is 72.3 Å². The van der Waals surface area contributed by atoms with Gasteiger partial charge in [0.1, 0.15) is 35.0 Å². The van der Waals surface area contributed by atoms with Crippen LogP contribution in [-0.2, 0) is 28.8 Å². The Balaban J connectivity index is 1.33. The zero-order valence-electron chi connectivity index (χ0n) is 26.7. The van der Waals surface area contributed by atoms with E-state index in [2.05, 4.69) is 30.5 Å². The van der Waals surface area contributed by atoms with Crippen LogP contribution < -0.4 is 15.8 Å². The van der Waals surface area contributed by atoms with E-state index in [1.54, 1.807) is 28.8 Å². The van der Waals surface area contributed by atoms with Crippen LogP contribution in [0, 0.1) is 11.7 Å². The van der Waals surface area contributed by atoms with Crippen LogP contribution in [-0.4, -0.2) is 87.1 Å². The summed E-state index contributed by atoms with van der Waals surface area (Å²) in [5, 5.41) is 12.2. The molecule has 256 valence electrons. The van der Waals surface area contributed by atoms with Crippen molar-refractivity contribution in [3.8, 4) is 0 Å². The Labute approximate surface area is 275 Å². The number of sulfone groups is 1. The van der Waals surface area contributed by atoms with Crippen molar-refractivity contribution in [2.24, 2.45) is 5.92 Å². The van der Waals surface area contributed by atoms with Crippen molar-refractivity contribution in [3.05, 3.63) is 69.8 Å². The SMILES string of the molecule is C[C@H]1Nc2ncnc3c2cc(N2CCS(=O)(=O)CC2)c(=O)n3Cc2cn(nn2)CCCCN2CCC(CC2)C(F)(F)c2cccc1c2F. The summed E-state index contributed by atoms with van der Waals surface area (Å²) in [4.78, 5) is 26.8. The van der Waals surface area contributed by atoms with Gasteiger partial charge in [0.15, 0.2) is 9.84 Å². The Hall–Kier alpha value is -4.05. The van der Waals surface area contributed by atoms with Crippen LogP contribution in [0.5, 0.6) is 0 Å². The third kappa shape index (κ3) is 6.27. The third-order valence-corrected chi connectivity index (χ3v) is 11.5. The van der Waals surface area contributed by atoms with Crippen LogP contribution in [0.25, 0.3) is 11.0 Å². The van der Waals surface area contributed by atoms with Gasteiger partial charge in [-0.2, -0.15) is 0 Å². The maximum atomic E-state index is 16.1. The Kier molecular flexibility index (Phi) is 8.64. The highest BCUT2D eigenvalue weighted by Gasteiger charge is 2.45. The molecule has 48 heavy (non-hydrogen) atoms. The lowest BCUT2D eigenvalue weighted by molar-refractivity contribution is -0.0880. The van der Waals surface area contributed by atoms with Gasteiger partial charge in [0.2, 0.25) is 0 Å². The number of alkyl halides is 2. The van der Waals surface area contributed by atoms with Crippen molar-refractivity contribution in [2.75, 3.05) is 54.4 Å². The molecule has 12 nitrogen and oxygen atoms in total. The summed E-state index contributed by atoms with van der Waals surface area (Å²) >= 11 is 0. The molecule has 0 aliphatic carbocycles. The summed E-state index contributed by atoms with van der Waals surface area (Å²) in [6.45, 7) is 4.40. The van der Waals surface area contributed by atoms with Crippen molar-refractivity contribution in [3.63, 3.8) is 0 Å². The first kappa shape index (κ1) is 32.5. The predicted octanol–water partition coefficient (Wildman–Crippen LogP) is 3.58. The predicted molar refractivity (Wildman–Crippen MR) is 175 cm³/mol. The lowest BCUT2D eigenvalue weighted by Crippen LogP contribution is -2.43. The van der Waals surface area contributed by atoms with Gasteiger partial charge in [0.25, 0.3) is 11.5 Å². The zero-order valence-corrected chi connectivity index (χ0v) is 27.5. The topological polar surface area (TPSA) is 131 Å². The van der Waals surface area contributed by atoms with Crippen molar-refractivity contribution < 1.29 is 21.6 Å². The van der Waals surface area contributed by atoms with Crippen LogP contribution in [0.3, 0.4) is 0 Å². The molecule has 8 rings (SSSR count). The number of halogens is 3. The van der Waals surface area contributed by atoms with Gasteiger partial charge in [0, 0.05) is 31.1 Å². The van der Waals surface area contributed by atoms with Crippen LogP contribution in [0.4, 0.5) is 24.7 Å². The van der Waals surface area contributed by atoms with E-state index in [4.69, 9.17) is 0 Å². The number of pyridine rings is 1. The molecular weight excluding hydrogens is 647 g/mol. The average molecular weight is 686 g/mol. The molecule has 0 unspecified atom stereocenters. The maximum absolute atomic E-state index is 16.1. The molecule has 0 radical (unpaired) electrons. The standard InChI is InChI=1S/C32H38F3N9O3S/c1-21-24-5-4-6-26(28(24)33)32(34,35)22-7-11-41(12-8-22)9-2-3-10-43-18-23(39-40-43)19-44-30-25(29(38-21)36-20-37-30)17-27(31(44)45)42-13-15-48(46,47)16-14-42/h4-6,17-18,20-22H,2-3,7-16,19H2,1H3,(H,36,37,38)/t21-/m1/s1. The maximum Gasteiger partial charge on any atom is 0.278 e. The van der Waals surface area contributed by atoms with Gasteiger partial charge in [0.05, 0.1) is 41.2 Å². The summed E-state index contributed by atoms with van der Waals surface area (Å²) in [6, 6.07) is 4.94. The molecule has 2 fully saturated rings. The van der Waals surface area contributed by atoms with Crippen molar-refractivity contribution >= 4 is 32.4 Å². The van der Waals surface area contributed by atoms with Gasteiger partial charge in [-0.3, -0.25) is 14.0 Å². The van der Waals surface area contributed by atoms with E-state index in [0.29, 0.717) is 30.7 Å². The van der Waals surface area contributed by atoms with Crippen LogP contribution in [0.15, 0.2) is 41.6 Å². The Bertz CT molecular complexity index is 1980. The fourth-order valence-corrected chi connectivity index (χ4v) is 8.27. The number of piperidine rings is 1. The minimum Gasteiger partial charge on any atom is -0.365 e. The quantitative estimate of drug-likeness (QED) is 0.317. The lowest BCUT2D eigenvalue weighted by Gasteiger charge is -2.36. The first-order valence-electron chi connectivity index (χ1n) is 16.4. The largest absolute Gasteiger partial charge is 0.365 e. The number of rotatable bonds is 1. The smallest absolute Gasteiger partial charge is 0.278 e. The average Bonchev–Trinajstić information content (AvgIpc) is 3.51. The number of aromatic nitrogens is 6. The molecule has 2 saturated heterocycles. The molecule has 1 N–H and O–H groups in total. The minimum absolute atomic E-state index is 0.0437. The van der Waals surface area contributed by atoms with Crippen LogP contribution >= 0.6 is 0 Å². The summed E-state index contributed by atoms with van der Waals surface area (Å²) in [5.74, 6) is -5.19. The van der Waals surface area contributed by atoms with Gasteiger partial charge >= 0.3 is 0 Å². The van der Waals surface area contributed by atoms with Gasteiger partial charge in [-0.25, -0.2) is 31.6 Å². The number of nitrogens with one attached hydrogen (secondary N) is 1. The molecule has 16 heteroatoms. The summed E-state index contributed by atoms with van der Waals surface area (Å²) in [5.41, 5.74) is 0.160. The van der Waals surface area contributed by atoms with Crippen molar-refractivity contribution in [1.29, 1.82) is 0 Å². The number of hydrogen-bond acceptors (Lipinski definition) is 10. The number of nitrogens with zero attached hydrogens (tertiary/aromatic N) is 8. The first-order valence-corrected chi connectivity index (χ1v) is 18.2. The molecule has 4 aliphatic heterocycles. The van der Waals surface area contributed by atoms with Crippen LogP contribution in [0.2, 0.25) is 0 Å². The fourth-order valence-electron chi connectivity index (χ4n) is 7.06. The molecule has 0 saturated carbocycles. The molecule has 1 atom stereocenters. The lowest BCUT2D eigenvalue weighted by atomic mass is 9.85. The number of fused-ring (bicyclic) bond motifs is 6. The molecule has 4 aromatic rings. The normalized spacial score (nSPS) is 24.5. The monoisotopic (exact) mass is 685 g/mol. The van der Waals surface area contributed by atoms with Gasteiger partial charge in [-0.05, 0) is 58.3 Å². The number of anilines is 2. The van der Waals surface area contributed by atoms with Gasteiger partial charge < -0.3 is 15.1 Å². The summed E-state index contributed by atoms with van der Waals surface area (Å²) in [6.07, 6.45) is 5.26. The van der Waals surface area contributed by atoms with E-state index >= 15 is 13.2 Å². The fraction of sp³-hybridized carbons (Fsp3) is 0.531. The molecule has 4 aliphatic rings. The highest BCUT2D eigenvalue weighted by Crippen LogP contribution is 2.44. The minimum atomic E-state index is -3.35. The number of aryl methyl sites for hydroxylation is 1. The Morgan fingerprint density at radius 3 is 2.52 bits per heavy atom. The van der Waals surface area contributed by atoms with E-state index in [1.807, 2.05) is 0 Å². The molecule has 0 spiro atoms. The Morgan fingerprint density at radius 1 is 1.00 bits per heavy atom. The van der Waals surface area contributed by atoms with Crippen molar-refractivity contribution in [2.45, 2.75) is 57.7 Å². The summed E-state index contributed by atoms with van der Waals surface area (Å²) in [7, 11) is -3.22. The van der Waals surface area contributed by atoms with Crippen molar-refractivity contribution in [1.82, 2.24) is 34.4 Å². The molecule has 10 bridgehead atoms. The van der Waals surface area contributed by atoms with E-state index in [1.165, 1.54) is 29.1 Å². The Morgan fingerprint density at radius 2 is 1.75 bits per heavy atom. The van der Waals surface area contributed by atoms with E-state index < -0.39 is 39.1 Å². The van der Waals surface area contributed by atoms with Gasteiger partial charge in [-0.15, -0.1) is 5.10 Å². The van der Waals surface area contributed by atoms with Gasteiger partial charge in [-0.1, -0.05) is 23.4 Å². The number of hydrogen-bond donors (Lipinski definition) is 1. The molecule has 0 amide bonds. The highest BCUT2D eigenvalue weighted by atomic mass is 32.2. The second-order valence-electron chi connectivity index (χ2n) is 13.0. The molecule has 7 heterocycles. The second-order valence-corrected chi connectivity index (χ2v) is 15.3. The zero-order chi connectivity index (χ0) is 33.6. The van der Waals surface area contributed by atoms with Crippen LogP contribution in [0.1, 0.15) is 55.5 Å². The molecule has 1 aromatic carbocycles. The van der Waals surface area contributed by atoms with E-state index in [9.17, 15) is 13.2 Å². The third-order valence-electron chi connectivity index (χ3n) is 9.87.